The van der Waals surface area contributed by atoms with Gasteiger partial charge in [0.1, 0.15) is 0 Å². The van der Waals surface area contributed by atoms with Crippen LogP contribution in [0.25, 0.3) is 0 Å². The summed E-state index contributed by atoms with van der Waals surface area (Å²) in [6.07, 6.45) is 2.00. The van der Waals surface area contributed by atoms with E-state index < -0.39 is 0 Å². The van der Waals surface area contributed by atoms with E-state index in [2.05, 4.69) is 10.1 Å². The van der Waals surface area contributed by atoms with Crippen LogP contribution in [0.3, 0.4) is 0 Å². The highest BCUT2D eigenvalue weighted by Crippen LogP contribution is 2.22. The summed E-state index contributed by atoms with van der Waals surface area (Å²) in [5.74, 6) is 0.739. The number of amidine groups is 1. The van der Waals surface area contributed by atoms with Gasteiger partial charge in [-0.05, 0) is 30.9 Å². The molecule has 1 saturated heterocycles. The lowest BCUT2D eigenvalue weighted by molar-refractivity contribution is 0.249. The van der Waals surface area contributed by atoms with Crippen molar-refractivity contribution in [3.63, 3.8) is 0 Å². The number of hydrogen-bond acceptors (Lipinski definition) is 4. The molecule has 1 aromatic rings. The molecule has 19 heavy (non-hydrogen) atoms. The molecule has 1 aliphatic rings. The quantitative estimate of drug-likeness (QED) is 0.320. The molecular formula is C14H21N3O2. The highest BCUT2D eigenvalue weighted by molar-refractivity contribution is 5.98. The van der Waals surface area contributed by atoms with Crippen LogP contribution in [0.15, 0.2) is 29.4 Å². The number of likely N-dealkylation sites (tertiary alicyclic amines) is 1. The van der Waals surface area contributed by atoms with Crippen molar-refractivity contribution in [1.82, 2.24) is 4.90 Å². The third-order valence-corrected chi connectivity index (χ3v) is 3.70. The van der Waals surface area contributed by atoms with E-state index in [9.17, 15) is 0 Å². The minimum atomic E-state index is 0.154. The van der Waals surface area contributed by atoms with Gasteiger partial charge in [0.15, 0.2) is 5.84 Å². The molecule has 0 aromatic heterocycles. The van der Waals surface area contributed by atoms with E-state index in [1.807, 2.05) is 24.3 Å². The van der Waals surface area contributed by atoms with Crippen molar-refractivity contribution in [1.29, 1.82) is 0 Å². The van der Waals surface area contributed by atoms with E-state index in [1.165, 1.54) is 0 Å². The van der Waals surface area contributed by atoms with Gasteiger partial charge >= 0.3 is 0 Å². The lowest BCUT2D eigenvalue weighted by Gasteiger charge is -2.18. The molecular weight excluding hydrogens is 242 g/mol. The minimum Gasteiger partial charge on any atom is -0.409 e. The zero-order valence-electron chi connectivity index (χ0n) is 11.0. The maximum atomic E-state index is 8.97. The SMILES string of the molecule is N/C(=N/O)c1ccccc1CN1CCC(CCO)C1. The van der Waals surface area contributed by atoms with E-state index in [-0.39, 0.29) is 12.4 Å². The maximum absolute atomic E-state index is 8.97. The number of nitrogens with two attached hydrogens (primary N) is 1. The molecule has 104 valence electrons. The van der Waals surface area contributed by atoms with Crippen molar-refractivity contribution >= 4 is 5.84 Å². The van der Waals surface area contributed by atoms with Gasteiger partial charge in [0.25, 0.3) is 0 Å². The summed E-state index contributed by atoms with van der Waals surface area (Å²) in [5, 5.41) is 20.9. The van der Waals surface area contributed by atoms with Crippen molar-refractivity contribution in [2.24, 2.45) is 16.8 Å². The molecule has 0 amide bonds. The van der Waals surface area contributed by atoms with Crippen LogP contribution in [0.1, 0.15) is 24.0 Å². The Balaban J connectivity index is 2.04. The van der Waals surface area contributed by atoms with Crippen LogP contribution < -0.4 is 5.73 Å². The molecule has 0 bridgehead atoms. The first-order chi connectivity index (χ1) is 9.24. The van der Waals surface area contributed by atoms with Crippen LogP contribution >= 0.6 is 0 Å². The van der Waals surface area contributed by atoms with Crippen LogP contribution in [-0.4, -0.2) is 40.7 Å². The van der Waals surface area contributed by atoms with Crippen LogP contribution in [0.5, 0.6) is 0 Å². The Morgan fingerprint density at radius 3 is 2.95 bits per heavy atom. The lowest BCUT2D eigenvalue weighted by atomic mass is 10.1. The van der Waals surface area contributed by atoms with Gasteiger partial charge in [-0.15, -0.1) is 0 Å². The highest BCUT2D eigenvalue weighted by atomic mass is 16.4. The molecule has 2 rings (SSSR count). The largest absolute Gasteiger partial charge is 0.409 e. The first-order valence-corrected chi connectivity index (χ1v) is 6.63. The van der Waals surface area contributed by atoms with Gasteiger partial charge in [-0.25, -0.2) is 0 Å². The molecule has 1 aliphatic heterocycles. The van der Waals surface area contributed by atoms with E-state index in [0.29, 0.717) is 5.92 Å². The Labute approximate surface area is 113 Å². The van der Waals surface area contributed by atoms with Gasteiger partial charge in [0.05, 0.1) is 0 Å². The second kappa shape index (κ2) is 6.54. The summed E-state index contributed by atoms with van der Waals surface area (Å²) in [4.78, 5) is 2.35. The molecule has 1 atom stereocenters. The average molecular weight is 263 g/mol. The molecule has 1 fully saturated rings. The molecule has 1 heterocycles. The van der Waals surface area contributed by atoms with E-state index in [4.69, 9.17) is 16.0 Å². The topological polar surface area (TPSA) is 82.1 Å². The molecule has 5 nitrogen and oxygen atoms in total. The van der Waals surface area contributed by atoms with E-state index in [1.54, 1.807) is 0 Å². The Morgan fingerprint density at radius 2 is 2.21 bits per heavy atom. The smallest absolute Gasteiger partial charge is 0.170 e. The Bertz CT molecular complexity index is 448. The van der Waals surface area contributed by atoms with Gasteiger partial charge in [-0.2, -0.15) is 0 Å². The molecule has 1 aromatic carbocycles. The third-order valence-electron chi connectivity index (χ3n) is 3.70. The van der Waals surface area contributed by atoms with E-state index >= 15 is 0 Å². The van der Waals surface area contributed by atoms with Crippen LogP contribution in [0.4, 0.5) is 0 Å². The van der Waals surface area contributed by atoms with Gasteiger partial charge in [0.2, 0.25) is 0 Å². The number of oxime groups is 1. The maximum Gasteiger partial charge on any atom is 0.170 e. The van der Waals surface area contributed by atoms with Crippen LogP contribution in [0, 0.1) is 5.92 Å². The first kappa shape index (κ1) is 13.8. The Kier molecular flexibility index (Phi) is 4.76. The Hall–Kier alpha value is -1.59. The van der Waals surface area contributed by atoms with Gasteiger partial charge in [-0.3, -0.25) is 4.90 Å². The third kappa shape index (κ3) is 3.45. The minimum absolute atomic E-state index is 0.154. The lowest BCUT2D eigenvalue weighted by Crippen LogP contribution is -2.23. The molecule has 0 aliphatic carbocycles. The molecule has 5 heteroatoms. The molecule has 0 radical (unpaired) electrons. The summed E-state index contributed by atoms with van der Waals surface area (Å²) >= 11 is 0. The second-order valence-corrected chi connectivity index (χ2v) is 5.04. The fourth-order valence-electron chi connectivity index (χ4n) is 2.68. The number of hydrogen-bond donors (Lipinski definition) is 3. The number of rotatable bonds is 5. The number of aliphatic hydroxyl groups excluding tert-OH is 1. The van der Waals surface area contributed by atoms with Crippen molar-refractivity contribution in [3.8, 4) is 0 Å². The predicted octanol–water partition coefficient (Wildman–Crippen LogP) is 0.985. The summed E-state index contributed by atoms with van der Waals surface area (Å²) in [6, 6.07) is 7.72. The van der Waals surface area contributed by atoms with Gasteiger partial charge < -0.3 is 16.0 Å². The van der Waals surface area contributed by atoms with Gasteiger partial charge in [-0.1, -0.05) is 29.4 Å². The summed E-state index contributed by atoms with van der Waals surface area (Å²) in [5.41, 5.74) is 7.55. The number of nitrogens with zero attached hydrogens (tertiary/aromatic N) is 2. The zero-order chi connectivity index (χ0) is 13.7. The fourth-order valence-corrected chi connectivity index (χ4v) is 2.68. The molecule has 4 N–H and O–H groups in total. The molecule has 0 saturated carbocycles. The van der Waals surface area contributed by atoms with Crippen LogP contribution in [-0.2, 0) is 6.54 Å². The number of aliphatic hydroxyl groups is 1. The van der Waals surface area contributed by atoms with Crippen LogP contribution in [0.2, 0.25) is 0 Å². The standard InChI is InChI=1S/C14H21N3O2/c15-14(16-19)13-4-2-1-3-12(13)10-17-7-5-11(9-17)6-8-18/h1-4,11,18-19H,5-10H2,(H2,15,16). The Morgan fingerprint density at radius 1 is 1.42 bits per heavy atom. The zero-order valence-corrected chi connectivity index (χ0v) is 11.0. The normalized spacial score (nSPS) is 20.9. The van der Waals surface area contributed by atoms with Crippen molar-refractivity contribution in [3.05, 3.63) is 35.4 Å². The monoisotopic (exact) mass is 263 g/mol. The van der Waals surface area contributed by atoms with Gasteiger partial charge in [0, 0.05) is 25.3 Å². The summed E-state index contributed by atoms with van der Waals surface area (Å²) < 4.78 is 0. The van der Waals surface area contributed by atoms with Crippen molar-refractivity contribution in [2.75, 3.05) is 19.7 Å². The average Bonchev–Trinajstić information content (AvgIpc) is 2.86. The van der Waals surface area contributed by atoms with Crippen molar-refractivity contribution in [2.45, 2.75) is 19.4 Å². The highest BCUT2D eigenvalue weighted by Gasteiger charge is 2.22. The predicted molar refractivity (Wildman–Crippen MR) is 74.0 cm³/mol. The van der Waals surface area contributed by atoms with E-state index in [0.717, 1.165) is 43.6 Å². The summed E-state index contributed by atoms with van der Waals surface area (Å²) in [6.45, 7) is 3.10. The molecule has 1 unspecified atom stereocenters. The fraction of sp³-hybridized carbons (Fsp3) is 0.500. The second-order valence-electron chi connectivity index (χ2n) is 5.04. The number of benzene rings is 1. The summed E-state index contributed by atoms with van der Waals surface area (Å²) in [7, 11) is 0. The molecule has 0 spiro atoms. The first-order valence-electron chi connectivity index (χ1n) is 6.63. The van der Waals surface area contributed by atoms with Crippen molar-refractivity contribution < 1.29 is 10.3 Å².